The number of anilines is 1. The number of fused-ring (bicyclic) bond motifs is 3. The fraction of sp³-hybridized carbons (Fsp3) is 0.423. The van der Waals surface area contributed by atoms with E-state index in [0.717, 1.165) is 73.1 Å². The molecule has 1 aliphatic carbocycles. The van der Waals surface area contributed by atoms with Crippen LogP contribution in [0.25, 0.3) is 11.0 Å². The number of nitrogens with zero attached hydrogens (tertiary/aromatic N) is 4. The Labute approximate surface area is 188 Å². The highest BCUT2D eigenvalue weighted by Crippen LogP contribution is 2.40. The molecule has 0 bridgehead atoms. The van der Waals surface area contributed by atoms with Gasteiger partial charge in [0.25, 0.3) is 0 Å². The molecule has 1 amide bonds. The molecule has 5 rings (SSSR count). The van der Waals surface area contributed by atoms with Gasteiger partial charge in [-0.1, -0.05) is 30.3 Å². The average molecular weight is 429 g/mol. The number of aromatic nitrogens is 2. The van der Waals surface area contributed by atoms with Gasteiger partial charge in [0.15, 0.2) is 0 Å². The van der Waals surface area contributed by atoms with Crippen molar-refractivity contribution >= 4 is 22.8 Å². The van der Waals surface area contributed by atoms with Gasteiger partial charge in [0.2, 0.25) is 0 Å². The fourth-order valence-corrected chi connectivity index (χ4v) is 5.51. The van der Waals surface area contributed by atoms with Gasteiger partial charge in [-0.2, -0.15) is 5.26 Å². The SMILES string of the molecule is C[C@H]1CCc2c(ccc3c2nc(Cc2ccccc2)n3[C@H]2CC[C@@H](C#N)CC2)N1C(=O)O. The summed E-state index contributed by atoms with van der Waals surface area (Å²) in [6.45, 7) is 1.97. The van der Waals surface area contributed by atoms with E-state index < -0.39 is 6.09 Å². The number of aryl methyl sites for hydroxylation is 1. The standard InChI is InChI=1S/C26H28N4O2/c1-17-7-12-21-22(29(17)26(31)32)13-14-23-25(21)28-24(15-18-5-3-2-4-6-18)30(23)20-10-8-19(16-27)9-11-20/h2-6,13-14,17,19-20H,7-12,15H2,1H3,(H,31,32)/t17-,19-,20+/m0/s1. The van der Waals surface area contributed by atoms with Crippen LogP contribution in [0.3, 0.4) is 0 Å². The molecule has 1 aliphatic heterocycles. The highest BCUT2D eigenvalue weighted by Gasteiger charge is 2.32. The molecule has 32 heavy (non-hydrogen) atoms. The van der Waals surface area contributed by atoms with E-state index in [4.69, 9.17) is 4.98 Å². The fourth-order valence-electron chi connectivity index (χ4n) is 5.51. The topological polar surface area (TPSA) is 82.2 Å². The minimum Gasteiger partial charge on any atom is -0.465 e. The molecule has 6 nitrogen and oxygen atoms in total. The maximum absolute atomic E-state index is 12.0. The molecule has 0 spiro atoms. The lowest BCUT2D eigenvalue weighted by atomic mass is 9.86. The van der Waals surface area contributed by atoms with Crippen molar-refractivity contribution in [3.63, 3.8) is 0 Å². The van der Waals surface area contributed by atoms with Crippen LogP contribution in [0.15, 0.2) is 42.5 Å². The first-order valence-electron chi connectivity index (χ1n) is 11.5. The highest BCUT2D eigenvalue weighted by atomic mass is 16.4. The second-order valence-electron chi connectivity index (χ2n) is 9.17. The molecule has 0 radical (unpaired) electrons. The van der Waals surface area contributed by atoms with E-state index in [-0.39, 0.29) is 12.0 Å². The zero-order chi connectivity index (χ0) is 22.2. The van der Waals surface area contributed by atoms with E-state index in [1.165, 1.54) is 10.5 Å². The molecule has 1 atom stereocenters. The van der Waals surface area contributed by atoms with Crippen LogP contribution in [-0.4, -0.2) is 26.8 Å². The van der Waals surface area contributed by atoms with Crippen LogP contribution < -0.4 is 4.90 Å². The molecule has 2 aliphatic rings. The number of carboxylic acid groups (broad SMARTS) is 1. The molecule has 1 fully saturated rings. The summed E-state index contributed by atoms with van der Waals surface area (Å²) in [4.78, 5) is 18.6. The molecule has 0 saturated heterocycles. The molecule has 1 aromatic heterocycles. The van der Waals surface area contributed by atoms with Crippen molar-refractivity contribution in [2.24, 2.45) is 5.92 Å². The number of carbonyl (C=O) groups is 1. The second kappa shape index (κ2) is 8.31. The van der Waals surface area contributed by atoms with Gasteiger partial charge in [-0.3, -0.25) is 4.90 Å². The Kier molecular flexibility index (Phi) is 5.34. The smallest absolute Gasteiger partial charge is 0.412 e. The first-order chi connectivity index (χ1) is 15.6. The summed E-state index contributed by atoms with van der Waals surface area (Å²) in [6.07, 6.45) is 5.24. The predicted molar refractivity (Wildman–Crippen MR) is 124 cm³/mol. The summed E-state index contributed by atoms with van der Waals surface area (Å²) in [5, 5.41) is 19.1. The Morgan fingerprint density at radius 1 is 1.12 bits per heavy atom. The molecular formula is C26H28N4O2. The van der Waals surface area contributed by atoms with Crippen LogP contribution in [0.4, 0.5) is 10.5 Å². The van der Waals surface area contributed by atoms with Crippen LogP contribution in [0.1, 0.15) is 62.0 Å². The van der Waals surface area contributed by atoms with E-state index in [2.05, 4.69) is 41.0 Å². The number of hydrogen-bond acceptors (Lipinski definition) is 3. The van der Waals surface area contributed by atoms with Crippen molar-refractivity contribution in [2.45, 2.75) is 64.0 Å². The summed E-state index contributed by atoms with van der Waals surface area (Å²) >= 11 is 0. The Bertz CT molecular complexity index is 1190. The molecular weight excluding hydrogens is 400 g/mol. The van der Waals surface area contributed by atoms with Crippen LogP contribution in [0.2, 0.25) is 0 Å². The highest BCUT2D eigenvalue weighted by molar-refractivity contribution is 5.94. The van der Waals surface area contributed by atoms with Gasteiger partial charge < -0.3 is 9.67 Å². The summed E-state index contributed by atoms with van der Waals surface area (Å²) in [7, 11) is 0. The van der Waals surface area contributed by atoms with Crippen molar-refractivity contribution in [3.05, 3.63) is 59.4 Å². The van der Waals surface area contributed by atoms with Gasteiger partial charge in [0.1, 0.15) is 5.82 Å². The normalized spacial score (nSPS) is 23.0. The third-order valence-corrected chi connectivity index (χ3v) is 7.18. The van der Waals surface area contributed by atoms with Crippen LogP contribution >= 0.6 is 0 Å². The number of rotatable bonds is 3. The van der Waals surface area contributed by atoms with Gasteiger partial charge in [-0.25, -0.2) is 9.78 Å². The van der Waals surface area contributed by atoms with Gasteiger partial charge in [0, 0.05) is 30.0 Å². The zero-order valence-corrected chi connectivity index (χ0v) is 18.4. The number of amides is 1. The minimum absolute atomic E-state index is 0.0374. The third kappa shape index (κ3) is 3.52. The maximum atomic E-state index is 12.0. The molecule has 2 aromatic carbocycles. The maximum Gasteiger partial charge on any atom is 0.412 e. The average Bonchev–Trinajstić information content (AvgIpc) is 3.17. The predicted octanol–water partition coefficient (Wildman–Crippen LogP) is 5.70. The number of hydrogen-bond donors (Lipinski definition) is 1. The number of nitriles is 1. The zero-order valence-electron chi connectivity index (χ0n) is 18.4. The summed E-state index contributed by atoms with van der Waals surface area (Å²) < 4.78 is 2.39. The number of imidazole rings is 1. The lowest BCUT2D eigenvalue weighted by Crippen LogP contribution is -2.41. The molecule has 2 heterocycles. The lowest BCUT2D eigenvalue weighted by molar-refractivity contribution is 0.198. The van der Waals surface area contributed by atoms with E-state index in [1.54, 1.807) is 0 Å². The second-order valence-corrected chi connectivity index (χ2v) is 9.17. The molecule has 1 N–H and O–H groups in total. The van der Waals surface area contributed by atoms with Crippen LogP contribution in [0.5, 0.6) is 0 Å². The molecule has 164 valence electrons. The first kappa shape index (κ1) is 20.6. The lowest BCUT2D eigenvalue weighted by Gasteiger charge is -2.33. The number of benzene rings is 2. The Morgan fingerprint density at radius 3 is 2.56 bits per heavy atom. The van der Waals surface area contributed by atoms with Crippen LogP contribution in [0, 0.1) is 17.2 Å². The van der Waals surface area contributed by atoms with Crippen molar-refractivity contribution in [1.82, 2.24) is 9.55 Å². The monoisotopic (exact) mass is 428 g/mol. The first-order valence-corrected chi connectivity index (χ1v) is 11.5. The quantitative estimate of drug-likeness (QED) is 0.580. The Morgan fingerprint density at radius 2 is 1.88 bits per heavy atom. The van der Waals surface area contributed by atoms with Crippen LogP contribution in [-0.2, 0) is 12.8 Å². The van der Waals surface area contributed by atoms with Gasteiger partial charge in [-0.05, 0) is 63.1 Å². The van der Waals surface area contributed by atoms with Crippen molar-refractivity contribution in [3.8, 4) is 6.07 Å². The third-order valence-electron chi connectivity index (χ3n) is 7.18. The largest absolute Gasteiger partial charge is 0.465 e. The van der Waals surface area contributed by atoms with Gasteiger partial charge in [0.05, 0.1) is 22.8 Å². The minimum atomic E-state index is -0.906. The van der Waals surface area contributed by atoms with Crippen molar-refractivity contribution < 1.29 is 9.90 Å². The van der Waals surface area contributed by atoms with Crippen molar-refractivity contribution in [2.75, 3.05) is 4.90 Å². The van der Waals surface area contributed by atoms with Gasteiger partial charge in [-0.15, -0.1) is 0 Å². The van der Waals surface area contributed by atoms with E-state index >= 15 is 0 Å². The van der Waals surface area contributed by atoms with E-state index in [9.17, 15) is 15.2 Å². The van der Waals surface area contributed by atoms with Gasteiger partial charge >= 0.3 is 6.09 Å². The summed E-state index contributed by atoms with van der Waals surface area (Å²) in [5.41, 5.74) is 5.06. The Balaban J connectivity index is 1.64. The summed E-state index contributed by atoms with van der Waals surface area (Å²) in [6, 6.07) is 17.1. The molecule has 1 saturated carbocycles. The summed E-state index contributed by atoms with van der Waals surface area (Å²) in [5.74, 6) is 1.18. The van der Waals surface area contributed by atoms with Crippen molar-refractivity contribution in [1.29, 1.82) is 5.26 Å². The molecule has 3 aromatic rings. The van der Waals surface area contributed by atoms with E-state index in [0.29, 0.717) is 6.04 Å². The Hall–Kier alpha value is -3.33. The van der Waals surface area contributed by atoms with E-state index in [1.807, 2.05) is 19.1 Å². The molecule has 6 heteroatoms. The molecule has 0 unspecified atom stereocenters.